The molecule has 1 fully saturated rings. The highest BCUT2D eigenvalue weighted by Gasteiger charge is 2.45. The molecule has 9 nitrogen and oxygen atoms in total. The van der Waals surface area contributed by atoms with Gasteiger partial charge in [-0.3, -0.25) is 25.0 Å². The lowest BCUT2D eigenvalue weighted by atomic mass is 9.88. The molecular formula is C20H20N4O5. The summed E-state index contributed by atoms with van der Waals surface area (Å²) >= 11 is 0. The molecule has 1 amide bonds. The van der Waals surface area contributed by atoms with Crippen LogP contribution in [0.2, 0.25) is 0 Å². The van der Waals surface area contributed by atoms with Crippen molar-refractivity contribution in [3.05, 3.63) is 73.3 Å². The number of likely N-dealkylation sites (tertiary alicyclic amines) is 1. The smallest absolute Gasteiger partial charge is 0.289 e. The Balaban J connectivity index is 1.81. The van der Waals surface area contributed by atoms with E-state index in [4.69, 9.17) is 0 Å². The summed E-state index contributed by atoms with van der Waals surface area (Å²) in [6.45, 7) is 3.61. The molecule has 2 heterocycles. The summed E-state index contributed by atoms with van der Waals surface area (Å²) in [4.78, 5) is 38.5. The number of nitro groups is 2. The van der Waals surface area contributed by atoms with Crippen molar-refractivity contribution in [1.82, 2.24) is 4.90 Å². The number of piperidine rings is 1. The Morgan fingerprint density at radius 2 is 1.86 bits per heavy atom. The Bertz CT molecular complexity index is 1040. The van der Waals surface area contributed by atoms with Gasteiger partial charge in [0, 0.05) is 30.3 Å². The second-order valence-corrected chi connectivity index (χ2v) is 7.68. The molecule has 2 atom stereocenters. The van der Waals surface area contributed by atoms with E-state index in [9.17, 15) is 25.0 Å². The molecule has 1 saturated heterocycles. The predicted octanol–water partition coefficient (Wildman–Crippen LogP) is 3.26. The minimum atomic E-state index is -0.738. The first kappa shape index (κ1) is 19.0. The standard InChI is InChI=1S/C20H20N4O5/c1-12-3-6-17-15(9-12)16-11-21(2)8-7-18(16)22(17)20(25)14-5-4-13(23(26)27)10-19(14)24(28)29/h3-6,9-10,16,18H,7-8,11H2,1-2H3/t16-,18-/m1/s1. The number of amides is 1. The first-order chi connectivity index (χ1) is 13.8. The average Bonchev–Trinajstić information content (AvgIpc) is 2.99. The zero-order valence-corrected chi connectivity index (χ0v) is 16.1. The first-order valence-corrected chi connectivity index (χ1v) is 9.33. The van der Waals surface area contributed by atoms with Gasteiger partial charge in [-0.1, -0.05) is 17.7 Å². The summed E-state index contributed by atoms with van der Waals surface area (Å²) < 4.78 is 0. The number of hydrogen-bond acceptors (Lipinski definition) is 6. The van der Waals surface area contributed by atoms with Crippen LogP contribution in [0.4, 0.5) is 17.1 Å². The molecule has 2 aliphatic heterocycles. The van der Waals surface area contributed by atoms with Crippen molar-refractivity contribution in [3.63, 3.8) is 0 Å². The Morgan fingerprint density at radius 3 is 2.55 bits per heavy atom. The van der Waals surface area contributed by atoms with Gasteiger partial charge in [0.15, 0.2) is 0 Å². The molecule has 0 N–H and O–H groups in total. The molecule has 29 heavy (non-hydrogen) atoms. The summed E-state index contributed by atoms with van der Waals surface area (Å²) in [7, 11) is 2.04. The van der Waals surface area contributed by atoms with Crippen LogP contribution in [0.5, 0.6) is 0 Å². The summed E-state index contributed by atoms with van der Waals surface area (Å²) in [5.74, 6) is -0.363. The molecule has 2 aromatic rings. The fourth-order valence-corrected chi connectivity index (χ4v) is 4.44. The number of carbonyl (C=O) groups excluding carboxylic acids is 1. The maximum Gasteiger partial charge on any atom is 0.289 e. The van der Waals surface area contributed by atoms with Crippen LogP contribution in [0, 0.1) is 27.2 Å². The van der Waals surface area contributed by atoms with Crippen LogP contribution in [0.25, 0.3) is 0 Å². The zero-order valence-electron chi connectivity index (χ0n) is 16.1. The highest BCUT2D eigenvalue weighted by atomic mass is 16.6. The van der Waals surface area contributed by atoms with E-state index >= 15 is 0 Å². The second kappa shape index (κ2) is 6.93. The molecule has 0 spiro atoms. The topological polar surface area (TPSA) is 110 Å². The molecule has 0 aromatic heterocycles. The number of nitro benzene ring substituents is 2. The van der Waals surface area contributed by atoms with Crippen molar-refractivity contribution in [3.8, 4) is 0 Å². The quantitative estimate of drug-likeness (QED) is 0.582. The van der Waals surface area contributed by atoms with Crippen LogP contribution < -0.4 is 4.90 Å². The number of hydrogen-bond donors (Lipinski definition) is 0. The van der Waals surface area contributed by atoms with E-state index in [2.05, 4.69) is 11.0 Å². The summed E-state index contributed by atoms with van der Waals surface area (Å²) in [6, 6.07) is 8.97. The number of carbonyl (C=O) groups is 1. The van der Waals surface area contributed by atoms with Gasteiger partial charge in [-0.2, -0.15) is 0 Å². The molecule has 0 aliphatic carbocycles. The van der Waals surface area contributed by atoms with Gasteiger partial charge in [0.25, 0.3) is 17.3 Å². The lowest BCUT2D eigenvalue weighted by Crippen LogP contribution is -2.47. The van der Waals surface area contributed by atoms with Gasteiger partial charge in [0.2, 0.25) is 0 Å². The number of anilines is 1. The van der Waals surface area contributed by atoms with E-state index in [0.717, 1.165) is 48.5 Å². The summed E-state index contributed by atoms with van der Waals surface area (Å²) in [5.41, 5.74) is 1.83. The normalized spacial score (nSPS) is 20.8. The number of nitrogens with zero attached hydrogens (tertiary/aromatic N) is 4. The van der Waals surface area contributed by atoms with Crippen molar-refractivity contribution in [2.24, 2.45) is 0 Å². The molecule has 0 radical (unpaired) electrons. The Kier molecular flexibility index (Phi) is 4.54. The van der Waals surface area contributed by atoms with Crippen LogP contribution in [-0.4, -0.2) is 46.8 Å². The van der Waals surface area contributed by atoms with Crippen molar-refractivity contribution >= 4 is 23.0 Å². The van der Waals surface area contributed by atoms with Gasteiger partial charge >= 0.3 is 0 Å². The van der Waals surface area contributed by atoms with Gasteiger partial charge in [-0.15, -0.1) is 0 Å². The van der Waals surface area contributed by atoms with E-state index in [1.165, 1.54) is 6.07 Å². The molecular weight excluding hydrogens is 376 g/mol. The molecule has 0 saturated carbocycles. The maximum atomic E-state index is 13.5. The van der Waals surface area contributed by atoms with Crippen molar-refractivity contribution in [2.75, 3.05) is 25.0 Å². The van der Waals surface area contributed by atoms with Gasteiger partial charge in [0.1, 0.15) is 5.56 Å². The van der Waals surface area contributed by atoms with E-state index in [0.29, 0.717) is 0 Å². The van der Waals surface area contributed by atoms with Gasteiger partial charge in [-0.05, 0) is 44.6 Å². The van der Waals surface area contributed by atoms with E-state index < -0.39 is 27.1 Å². The van der Waals surface area contributed by atoms with E-state index in [-0.39, 0.29) is 17.5 Å². The molecule has 0 unspecified atom stereocenters. The zero-order chi connectivity index (χ0) is 20.9. The maximum absolute atomic E-state index is 13.5. The van der Waals surface area contributed by atoms with Crippen LogP contribution >= 0.6 is 0 Å². The average molecular weight is 396 g/mol. The number of likely N-dealkylation sites (N-methyl/N-ethyl adjacent to an activating group) is 1. The number of fused-ring (bicyclic) bond motifs is 3. The van der Waals surface area contributed by atoms with E-state index in [1.807, 2.05) is 26.1 Å². The van der Waals surface area contributed by atoms with Crippen LogP contribution in [0.1, 0.15) is 33.8 Å². The third-order valence-corrected chi connectivity index (χ3v) is 5.79. The minimum absolute atomic E-state index is 0.0923. The molecule has 150 valence electrons. The SMILES string of the molecule is Cc1ccc2c(c1)[C@H]1CN(C)CC[C@H]1N2C(=O)c1ccc([N+](=O)[O-])cc1[N+](=O)[O-]. The lowest BCUT2D eigenvalue weighted by Gasteiger charge is -2.36. The second-order valence-electron chi connectivity index (χ2n) is 7.68. The third kappa shape index (κ3) is 3.13. The lowest BCUT2D eigenvalue weighted by molar-refractivity contribution is -0.394. The fourth-order valence-electron chi connectivity index (χ4n) is 4.44. The first-order valence-electron chi connectivity index (χ1n) is 9.33. The van der Waals surface area contributed by atoms with Gasteiger partial charge in [0.05, 0.1) is 15.9 Å². The van der Waals surface area contributed by atoms with Gasteiger partial charge < -0.3 is 9.80 Å². The van der Waals surface area contributed by atoms with Crippen LogP contribution in [0.15, 0.2) is 36.4 Å². The highest BCUT2D eigenvalue weighted by Crippen LogP contribution is 2.46. The van der Waals surface area contributed by atoms with Crippen LogP contribution in [0.3, 0.4) is 0 Å². The molecule has 0 bridgehead atoms. The molecule has 2 aliphatic rings. The third-order valence-electron chi connectivity index (χ3n) is 5.79. The molecule has 9 heteroatoms. The fraction of sp³-hybridized carbons (Fsp3) is 0.350. The molecule has 2 aromatic carbocycles. The monoisotopic (exact) mass is 396 g/mol. The predicted molar refractivity (Wildman–Crippen MR) is 106 cm³/mol. The van der Waals surface area contributed by atoms with Crippen molar-refractivity contribution in [1.29, 1.82) is 0 Å². The highest BCUT2D eigenvalue weighted by molar-refractivity contribution is 6.10. The largest absolute Gasteiger partial charge is 0.306 e. The number of aryl methyl sites for hydroxylation is 1. The summed E-state index contributed by atoms with van der Waals surface area (Å²) in [6.07, 6.45) is 0.751. The number of rotatable bonds is 3. The number of non-ortho nitro benzene ring substituents is 1. The Hall–Kier alpha value is -3.33. The van der Waals surface area contributed by atoms with E-state index in [1.54, 1.807) is 4.90 Å². The van der Waals surface area contributed by atoms with Crippen molar-refractivity contribution < 1.29 is 14.6 Å². The minimum Gasteiger partial charge on any atom is -0.306 e. The van der Waals surface area contributed by atoms with Crippen molar-refractivity contribution in [2.45, 2.75) is 25.3 Å². The summed E-state index contributed by atoms with van der Waals surface area (Å²) in [5, 5.41) is 22.5. The number of benzene rings is 2. The Morgan fingerprint density at radius 1 is 1.10 bits per heavy atom. The van der Waals surface area contributed by atoms with Gasteiger partial charge in [-0.25, -0.2) is 0 Å². The van der Waals surface area contributed by atoms with Crippen LogP contribution in [-0.2, 0) is 0 Å². The Labute approximate surface area is 166 Å². The molecule has 4 rings (SSSR count).